The maximum Gasteiger partial charge on any atom is 0.245 e. The lowest BCUT2D eigenvalue weighted by Gasteiger charge is -2.29. The first-order chi connectivity index (χ1) is 14.7. The quantitative estimate of drug-likeness (QED) is 0.669. The van der Waals surface area contributed by atoms with Crippen molar-refractivity contribution in [2.24, 2.45) is 5.41 Å². The highest BCUT2D eigenvalue weighted by Gasteiger charge is 2.26. The van der Waals surface area contributed by atoms with Crippen LogP contribution >= 0.6 is 0 Å². The number of nitrogens with zero attached hydrogens (tertiary/aromatic N) is 3. The fraction of sp³-hybridized carbons (Fsp3) is 0.560. The van der Waals surface area contributed by atoms with Gasteiger partial charge in [-0.2, -0.15) is 5.10 Å². The van der Waals surface area contributed by atoms with Crippen molar-refractivity contribution in [1.29, 1.82) is 0 Å². The van der Waals surface area contributed by atoms with Gasteiger partial charge >= 0.3 is 0 Å². The molecule has 0 spiro atoms. The Labute approximate surface area is 192 Å². The van der Waals surface area contributed by atoms with Crippen molar-refractivity contribution in [3.63, 3.8) is 0 Å². The Hall–Kier alpha value is -2.83. The Morgan fingerprint density at radius 1 is 1.09 bits per heavy atom. The zero-order valence-electron chi connectivity index (χ0n) is 20.9. The highest BCUT2D eigenvalue weighted by Crippen LogP contribution is 2.27. The summed E-state index contributed by atoms with van der Waals surface area (Å²) in [7, 11) is 1.62. The molecule has 0 saturated carbocycles. The average molecular weight is 443 g/mol. The molecule has 1 aromatic heterocycles. The molecule has 7 nitrogen and oxygen atoms in total. The Morgan fingerprint density at radius 2 is 1.69 bits per heavy atom. The molecule has 2 rings (SSSR count). The number of ether oxygens (including phenoxy) is 1. The van der Waals surface area contributed by atoms with Crippen molar-refractivity contribution in [2.45, 2.75) is 73.3 Å². The predicted molar refractivity (Wildman–Crippen MR) is 128 cm³/mol. The molecular weight excluding hydrogens is 404 g/mol. The lowest BCUT2D eigenvalue weighted by molar-refractivity contribution is -0.138. The lowest BCUT2D eigenvalue weighted by atomic mass is 9.91. The maximum absolute atomic E-state index is 13.0. The number of benzene rings is 1. The number of aromatic nitrogens is 2. The van der Waals surface area contributed by atoms with Gasteiger partial charge in [-0.1, -0.05) is 41.5 Å². The summed E-state index contributed by atoms with van der Waals surface area (Å²) in [5.74, 6) is 1.03. The number of hydrogen-bond acceptors (Lipinski definition) is 4. The molecule has 7 heteroatoms. The van der Waals surface area contributed by atoms with Crippen LogP contribution in [0, 0.1) is 5.41 Å². The van der Waals surface area contributed by atoms with E-state index in [2.05, 4.69) is 26.1 Å². The van der Waals surface area contributed by atoms with Gasteiger partial charge in [-0.3, -0.25) is 9.59 Å². The second kappa shape index (κ2) is 9.76. The summed E-state index contributed by atoms with van der Waals surface area (Å²) in [4.78, 5) is 27.4. The van der Waals surface area contributed by atoms with Gasteiger partial charge in [-0.05, 0) is 43.5 Å². The standard InChI is InChI=1S/C25H38N4O3/c1-17(2)28(23(31)15-24(3,4)5)16-22(30)26-21-14-20(25(6,7)8)27-29(21)18-10-12-19(32-9)13-11-18/h10-14,17H,15-16H2,1-9H3,(H,26,30). The van der Waals surface area contributed by atoms with Gasteiger partial charge in [0, 0.05) is 23.9 Å². The van der Waals surface area contributed by atoms with Gasteiger partial charge in [-0.15, -0.1) is 0 Å². The Bertz CT molecular complexity index is 932. The SMILES string of the molecule is COc1ccc(-n2nc(C(C)(C)C)cc2NC(=O)CN(C(=O)CC(C)(C)C)C(C)C)cc1. The van der Waals surface area contributed by atoms with E-state index in [4.69, 9.17) is 9.84 Å². The van der Waals surface area contributed by atoms with Crippen LogP contribution in [0.3, 0.4) is 0 Å². The van der Waals surface area contributed by atoms with E-state index in [-0.39, 0.29) is 35.2 Å². The third-order valence-corrected chi connectivity index (χ3v) is 5.00. The van der Waals surface area contributed by atoms with E-state index in [1.54, 1.807) is 16.7 Å². The number of nitrogens with one attached hydrogen (secondary N) is 1. The fourth-order valence-corrected chi connectivity index (χ4v) is 3.21. The van der Waals surface area contributed by atoms with E-state index < -0.39 is 0 Å². The van der Waals surface area contributed by atoms with Crippen molar-refractivity contribution in [1.82, 2.24) is 14.7 Å². The van der Waals surface area contributed by atoms with Crippen LogP contribution < -0.4 is 10.1 Å². The van der Waals surface area contributed by atoms with Crippen LogP contribution in [0.4, 0.5) is 5.82 Å². The van der Waals surface area contributed by atoms with Gasteiger partial charge in [0.1, 0.15) is 18.1 Å². The van der Waals surface area contributed by atoms with Crippen molar-refractivity contribution < 1.29 is 14.3 Å². The second-order valence-corrected chi connectivity index (χ2v) is 10.7. The van der Waals surface area contributed by atoms with Crippen LogP contribution in [0.2, 0.25) is 0 Å². The summed E-state index contributed by atoms with van der Waals surface area (Å²) in [5.41, 5.74) is 1.33. The smallest absolute Gasteiger partial charge is 0.245 e. The number of hydrogen-bond donors (Lipinski definition) is 1. The van der Waals surface area contributed by atoms with E-state index in [1.807, 2.05) is 65.0 Å². The summed E-state index contributed by atoms with van der Waals surface area (Å²) in [5, 5.41) is 7.71. The highest BCUT2D eigenvalue weighted by molar-refractivity contribution is 5.94. The van der Waals surface area contributed by atoms with Crippen LogP contribution in [0.15, 0.2) is 30.3 Å². The van der Waals surface area contributed by atoms with Crippen LogP contribution in [0.1, 0.15) is 67.5 Å². The van der Waals surface area contributed by atoms with Crippen LogP contribution in [0.5, 0.6) is 5.75 Å². The van der Waals surface area contributed by atoms with Gasteiger partial charge in [0.05, 0.1) is 18.5 Å². The maximum atomic E-state index is 13.0. The first kappa shape index (κ1) is 25.4. The number of methoxy groups -OCH3 is 1. The van der Waals surface area contributed by atoms with E-state index >= 15 is 0 Å². The monoisotopic (exact) mass is 442 g/mol. The summed E-state index contributed by atoms with van der Waals surface area (Å²) < 4.78 is 6.96. The third kappa shape index (κ3) is 6.84. The average Bonchev–Trinajstić information content (AvgIpc) is 3.08. The van der Waals surface area contributed by atoms with E-state index in [0.717, 1.165) is 17.1 Å². The molecule has 0 radical (unpaired) electrons. The first-order valence-electron chi connectivity index (χ1n) is 11.1. The summed E-state index contributed by atoms with van der Waals surface area (Å²) >= 11 is 0. The first-order valence-corrected chi connectivity index (χ1v) is 11.1. The molecule has 0 aliphatic rings. The molecule has 0 saturated heterocycles. The molecule has 1 aromatic carbocycles. The van der Waals surface area contributed by atoms with Gasteiger partial charge in [0.2, 0.25) is 11.8 Å². The molecule has 0 bridgehead atoms. The minimum absolute atomic E-state index is 0.00871. The van der Waals surface area contributed by atoms with Gasteiger partial charge in [0.25, 0.3) is 0 Å². The fourth-order valence-electron chi connectivity index (χ4n) is 3.21. The largest absolute Gasteiger partial charge is 0.497 e. The van der Waals surface area contributed by atoms with Crippen molar-refractivity contribution in [2.75, 3.05) is 19.0 Å². The van der Waals surface area contributed by atoms with Crippen LogP contribution in [-0.4, -0.2) is 46.2 Å². The molecule has 2 amide bonds. The molecule has 1 heterocycles. The minimum atomic E-state index is -0.254. The van der Waals surface area contributed by atoms with Crippen LogP contribution in [0.25, 0.3) is 5.69 Å². The number of rotatable bonds is 7. The topological polar surface area (TPSA) is 76.5 Å². The van der Waals surface area contributed by atoms with E-state index in [0.29, 0.717) is 12.2 Å². The Kier molecular flexibility index (Phi) is 7.75. The van der Waals surface area contributed by atoms with Crippen LogP contribution in [-0.2, 0) is 15.0 Å². The van der Waals surface area contributed by atoms with Crippen molar-refractivity contribution in [3.05, 3.63) is 36.0 Å². The summed E-state index contributed by atoms with van der Waals surface area (Å²) in [6, 6.07) is 9.30. The molecule has 0 unspecified atom stereocenters. The zero-order chi connectivity index (χ0) is 24.3. The number of carbonyl (C=O) groups is 2. The number of carbonyl (C=O) groups excluding carboxylic acids is 2. The number of anilines is 1. The van der Waals surface area contributed by atoms with Crippen molar-refractivity contribution in [3.8, 4) is 11.4 Å². The second-order valence-electron chi connectivity index (χ2n) is 10.7. The van der Waals surface area contributed by atoms with Gasteiger partial charge < -0.3 is 15.0 Å². The molecule has 32 heavy (non-hydrogen) atoms. The minimum Gasteiger partial charge on any atom is -0.497 e. The van der Waals surface area contributed by atoms with Crippen molar-refractivity contribution >= 4 is 17.6 Å². The highest BCUT2D eigenvalue weighted by atomic mass is 16.5. The molecular formula is C25H38N4O3. The third-order valence-electron chi connectivity index (χ3n) is 5.00. The van der Waals surface area contributed by atoms with E-state index in [1.165, 1.54) is 0 Å². The molecule has 0 fully saturated rings. The summed E-state index contributed by atoms with van der Waals surface area (Å²) in [6.45, 7) is 16.1. The summed E-state index contributed by atoms with van der Waals surface area (Å²) in [6.07, 6.45) is 0.385. The normalized spacial score (nSPS) is 12.1. The van der Waals surface area contributed by atoms with Gasteiger partial charge in [0.15, 0.2) is 0 Å². The molecule has 2 aromatic rings. The molecule has 1 N–H and O–H groups in total. The predicted octanol–water partition coefficient (Wildman–Crippen LogP) is 4.79. The molecule has 0 aliphatic carbocycles. The molecule has 0 aliphatic heterocycles. The zero-order valence-corrected chi connectivity index (χ0v) is 20.9. The van der Waals surface area contributed by atoms with Gasteiger partial charge in [-0.25, -0.2) is 4.68 Å². The number of amides is 2. The van der Waals surface area contributed by atoms with E-state index in [9.17, 15) is 9.59 Å². The molecule has 176 valence electrons. The Morgan fingerprint density at radius 3 is 2.16 bits per heavy atom. The molecule has 0 atom stereocenters. The Balaban J connectivity index is 2.30. The lowest BCUT2D eigenvalue weighted by Crippen LogP contribution is -2.43.